The van der Waals surface area contributed by atoms with Crippen LogP contribution >= 0.6 is 0 Å². The van der Waals surface area contributed by atoms with Crippen LogP contribution in [-0.2, 0) is 6.42 Å². The zero-order valence-electron chi connectivity index (χ0n) is 14.1. The fourth-order valence-corrected chi connectivity index (χ4v) is 2.91. The molecule has 2 unspecified atom stereocenters. The van der Waals surface area contributed by atoms with Crippen LogP contribution in [0.4, 0.5) is 4.79 Å². The molecular weight excluding hydrogens is 276 g/mol. The fourth-order valence-electron chi connectivity index (χ4n) is 2.91. The first-order valence-corrected chi connectivity index (χ1v) is 8.12. The minimum absolute atomic E-state index is 0.0641. The molecule has 0 radical (unpaired) electrons. The van der Waals surface area contributed by atoms with E-state index >= 15 is 0 Å². The Morgan fingerprint density at radius 2 is 1.91 bits per heavy atom. The monoisotopic (exact) mass is 304 g/mol. The Morgan fingerprint density at radius 3 is 2.45 bits per heavy atom. The van der Waals surface area contributed by atoms with E-state index in [2.05, 4.69) is 37.4 Å². The summed E-state index contributed by atoms with van der Waals surface area (Å²) in [5.41, 5.74) is 3.74. The Bertz CT molecular complexity index is 506. The Hall–Kier alpha value is -1.55. The molecule has 2 atom stereocenters. The van der Waals surface area contributed by atoms with Crippen molar-refractivity contribution in [3.05, 3.63) is 34.9 Å². The first-order valence-electron chi connectivity index (χ1n) is 8.12. The average Bonchev–Trinajstić information content (AvgIpc) is 3.20. The molecule has 4 heteroatoms. The summed E-state index contributed by atoms with van der Waals surface area (Å²) in [6.45, 7) is 6.60. The highest BCUT2D eigenvalue weighted by Crippen LogP contribution is 2.32. The van der Waals surface area contributed by atoms with Gasteiger partial charge in [0, 0.05) is 19.6 Å². The van der Waals surface area contributed by atoms with Gasteiger partial charge in [-0.3, -0.25) is 0 Å². The Labute approximate surface area is 133 Å². The molecule has 2 N–H and O–H groups in total. The Kier molecular flexibility index (Phi) is 5.46. The van der Waals surface area contributed by atoms with Crippen LogP contribution in [0.1, 0.15) is 36.5 Å². The number of carbonyl (C=O) groups excluding carboxylic acids is 1. The van der Waals surface area contributed by atoms with E-state index in [9.17, 15) is 9.90 Å². The van der Waals surface area contributed by atoms with Gasteiger partial charge in [-0.05, 0) is 51.5 Å². The molecule has 1 fully saturated rings. The van der Waals surface area contributed by atoms with Crippen LogP contribution in [-0.4, -0.2) is 41.8 Å². The largest absolute Gasteiger partial charge is 0.391 e. The molecule has 22 heavy (non-hydrogen) atoms. The molecule has 1 aliphatic rings. The summed E-state index contributed by atoms with van der Waals surface area (Å²) in [6.07, 6.45) is 2.60. The molecule has 1 aromatic rings. The molecule has 0 heterocycles. The van der Waals surface area contributed by atoms with Gasteiger partial charge >= 0.3 is 6.03 Å². The number of nitrogens with zero attached hydrogens (tertiary/aromatic N) is 1. The second-order valence-corrected chi connectivity index (χ2v) is 6.84. The van der Waals surface area contributed by atoms with Crippen molar-refractivity contribution in [1.82, 2.24) is 10.2 Å². The minimum Gasteiger partial charge on any atom is -0.391 e. The predicted octanol–water partition coefficient (Wildman–Crippen LogP) is 2.65. The number of nitrogens with one attached hydrogen (secondary N) is 1. The standard InChI is InChI=1S/C18H28N2O2/c1-12-7-13(2)9-15(8-12)10-14(3)19-18(22)20(4)11-17(21)16-5-6-16/h7-9,14,16-17,21H,5-6,10-11H2,1-4H3,(H,19,22). The quantitative estimate of drug-likeness (QED) is 0.849. The van der Waals surface area contributed by atoms with Crippen LogP contribution in [0.3, 0.4) is 0 Å². The van der Waals surface area contributed by atoms with Gasteiger partial charge in [0.15, 0.2) is 0 Å². The van der Waals surface area contributed by atoms with Gasteiger partial charge in [0.2, 0.25) is 0 Å². The van der Waals surface area contributed by atoms with Crippen molar-refractivity contribution < 1.29 is 9.90 Å². The molecule has 2 rings (SSSR count). The van der Waals surface area contributed by atoms with E-state index in [-0.39, 0.29) is 18.2 Å². The maximum Gasteiger partial charge on any atom is 0.317 e. The molecule has 122 valence electrons. The molecule has 1 saturated carbocycles. The molecule has 0 bridgehead atoms. The summed E-state index contributed by atoms with van der Waals surface area (Å²) in [6, 6.07) is 6.43. The second-order valence-electron chi connectivity index (χ2n) is 6.84. The first-order chi connectivity index (χ1) is 10.3. The summed E-state index contributed by atoms with van der Waals surface area (Å²) < 4.78 is 0. The Morgan fingerprint density at radius 1 is 1.32 bits per heavy atom. The lowest BCUT2D eigenvalue weighted by Crippen LogP contribution is -2.45. The number of hydrogen-bond donors (Lipinski definition) is 2. The number of urea groups is 1. The third-order valence-electron chi connectivity index (χ3n) is 4.17. The van der Waals surface area contributed by atoms with Gasteiger partial charge in [-0.25, -0.2) is 4.79 Å². The summed E-state index contributed by atoms with van der Waals surface area (Å²) >= 11 is 0. The van der Waals surface area contributed by atoms with Crippen molar-refractivity contribution in [3.63, 3.8) is 0 Å². The number of aryl methyl sites for hydroxylation is 2. The molecule has 0 spiro atoms. The van der Waals surface area contributed by atoms with Crippen molar-refractivity contribution in [1.29, 1.82) is 0 Å². The highest BCUT2D eigenvalue weighted by atomic mass is 16.3. The molecule has 1 aromatic carbocycles. The highest BCUT2D eigenvalue weighted by molar-refractivity contribution is 5.74. The second kappa shape index (κ2) is 7.14. The van der Waals surface area contributed by atoms with E-state index in [1.165, 1.54) is 16.7 Å². The molecule has 0 aromatic heterocycles. The maximum atomic E-state index is 12.2. The number of hydrogen-bond acceptors (Lipinski definition) is 2. The van der Waals surface area contributed by atoms with Gasteiger partial charge in [-0.2, -0.15) is 0 Å². The van der Waals surface area contributed by atoms with Crippen LogP contribution in [0.5, 0.6) is 0 Å². The number of aliphatic hydroxyl groups excluding tert-OH is 1. The minimum atomic E-state index is -0.384. The van der Waals surface area contributed by atoms with Gasteiger partial charge in [-0.1, -0.05) is 29.3 Å². The van der Waals surface area contributed by atoms with Crippen molar-refractivity contribution in [2.24, 2.45) is 5.92 Å². The van der Waals surface area contributed by atoms with E-state index in [4.69, 9.17) is 0 Å². The van der Waals surface area contributed by atoms with Crippen LogP contribution in [0.25, 0.3) is 0 Å². The third-order valence-corrected chi connectivity index (χ3v) is 4.17. The average molecular weight is 304 g/mol. The number of likely N-dealkylation sites (N-methyl/N-ethyl adjacent to an activating group) is 1. The van der Waals surface area contributed by atoms with Crippen LogP contribution in [0, 0.1) is 19.8 Å². The lowest BCUT2D eigenvalue weighted by Gasteiger charge is -2.23. The van der Waals surface area contributed by atoms with Crippen molar-refractivity contribution in [2.75, 3.05) is 13.6 Å². The fraction of sp³-hybridized carbons (Fsp3) is 0.611. The van der Waals surface area contributed by atoms with E-state index in [1.807, 2.05) is 6.92 Å². The molecule has 0 aliphatic heterocycles. The third kappa shape index (κ3) is 5.02. The predicted molar refractivity (Wildman–Crippen MR) is 89.0 cm³/mol. The molecule has 2 amide bonds. The topological polar surface area (TPSA) is 52.6 Å². The lowest BCUT2D eigenvalue weighted by molar-refractivity contribution is 0.112. The number of rotatable bonds is 6. The van der Waals surface area contributed by atoms with Crippen LogP contribution in [0.15, 0.2) is 18.2 Å². The van der Waals surface area contributed by atoms with Gasteiger partial charge < -0.3 is 15.3 Å². The summed E-state index contributed by atoms with van der Waals surface area (Å²) in [5.74, 6) is 0.392. The summed E-state index contributed by atoms with van der Waals surface area (Å²) in [5, 5.41) is 12.9. The molecular formula is C18H28N2O2. The molecule has 4 nitrogen and oxygen atoms in total. The smallest absolute Gasteiger partial charge is 0.317 e. The number of aliphatic hydroxyl groups is 1. The highest BCUT2D eigenvalue weighted by Gasteiger charge is 2.31. The van der Waals surface area contributed by atoms with Crippen LogP contribution in [0.2, 0.25) is 0 Å². The van der Waals surface area contributed by atoms with Gasteiger partial charge in [0.1, 0.15) is 0 Å². The molecule has 0 saturated heterocycles. The summed E-state index contributed by atoms with van der Waals surface area (Å²) in [4.78, 5) is 13.7. The van der Waals surface area contributed by atoms with E-state index in [1.54, 1.807) is 11.9 Å². The zero-order valence-corrected chi connectivity index (χ0v) is 14.1. The number of amides is 2. The van der Waals surface area contributed by atoms with Crippen molar-refractivity contribution in [2.45, 2.75) is 52.2 Å². The first kappa shape index (κ1) is 16.8. The maximum absolute atomic E-state index is 12.2. The van der Waals surface area contributed by atoms with Crippen LogP contribution < -0.4 is 5.32 Å². The number of benzene rings is 1. The van der Waals surface area contributed by atoms with Crippen molar-refractivity contribution >= 4 is 6.03 Å². The van der Waals surface area contributed by atoms with Crippen molar-refractivity contribution in [3.8, 4) is 0 Å². The van der Waals surface area contributed by atoms with E-state index in [0.717, 1.165) is 19.3 Å². The van der Waals surface area contributed by atoms with Gasteiger partial charge in [0.05, 0.1) is 6.10 Å². The Balaban J connectivity index is 1.82. The van der Waals surface area contributed by atoms with E-state index < -0.39 is 0 Å². The summed E-state index contributed by atoms with van der Waals surface area (Å²) in [7, 11) is 1.74. The molecule has 1 aliphatic carbocycles. The SMILES string of the molecule is Cc1cc(C)cc(CC(C)NC(=O)N(C)CC(O)C2CC2)c1. The van der Waals surface area contributed by atoms with E-state index in [0.29, 0.717) is 12.5 Å². The normalized spacial score (nSPS) is 17.0. The lowest BCUT2D eigenvalue weighted by atomic mass is 10.0. The zero-order chi connectivity index (χ0) is 16.3. The van der Waals surface area contributed by atoms with Gasteiger partial charge in [-0.15, -0.1) is 0 Å². The number of carbonyl (C=O) groups is 1. The van der Waals surface area contributed by atoms with Gasteiger partial charge in [0.25, 0.3) is 0 Å².